The minimum Gasteiger partial charge on any atom is -0.481 e. The van der Waals surface area contributed by atoms with Crippen LogP contribution in [-0.4, -0.2) is 38.7 Å². The number of anilines is 1. The fourth-order valence-corrected chi connectivity index (χ4v) is 4.61. The Hall–Kier alpha value is -1.34. The smallest absolute Gasteiger partial charge is 0.325 e. The summed E-state index contributed by atoms with van der Waals surface area (Å²) in [5.74, 6) is 0.0389. The Morgan fingerprint density at radius 3 is 2.13 bits per heavy atom. The summed E-state index contributed by atoms with van der Waals surface area (Å²) in [7, 11) is -3.86. The van der Waals surface area contributed by atoms with Gasteiger partial charge >= 0.3 is 13.6 Å². The number of benzene rings is 1. The van der Waals surface area contributed by atoms with E-state index in [2.05, 4.69) is 5.32 Å². The van der Waals surface area contributed by atoms with Crippen LogP contribution in [0.5, 0.6) is 0 Å². The van der Waals surface area contributed by atoms with Crippen molar-refractivity contribution in [1.82, 2.24) is 0 Å². The van der Waals surface area contributed by atoms with Crippen LogP contribution in [0.4, 0.5) is 5.69 Å². The number of rotatable bonds is 17. The van der Waals surface area contributed by atoms with Gasteiger partial charge in [0.15, 0.2) is 0 Å². The van der Waals surface area contributed by atoms with E-state index in [-0.39, 0.29) is 18.5 Å². The number of carbonyl (C=O) groups is 2. The van der Waals surface area contributed by atoms with Crippen molar-refractivity contribution in [1.29, 1.82) is 0 Å². The molecule has 9 heteroatoms. The minimum absolute atomic E-state index is 0.00410. The lowest BCUT2D eigenvalue weighted by Crippen LogP contribution is -2.11. The Morgan fingerprint density at radius 2 is 1.47 bits per heavy atom. The molecule has 0 radical (unpaired) electrons. The van der Waals surface area contributed by atoms with E-state index in [0.717, 1.165) is 61.3 Å². The Labute approximate surface area is 183 Å². The van der Waals surface area contributed by atoms with E-state index in [1.165, 1.54) is 0 Å². The van der Waals surface area contributed by atoms with E-state index in [1.807, 2.05) is 24.3 Å². The SMILES string of the molecule is O=C(O)CCCCSc1ccccc1NC(=O)CCCCCCCCCP(=O)(O)O. The lowest BCUT2D eigenvalue weighted by molar-refractivity contribution is -0.137. The first-order valence-electron chi connectivity index (χ1n) is 10.6. The first kappa shape index (κ1) is 26.7. The molecule has 1 rings (SSSR count). The second kappa shape index (κ2) is 15.5. The third-order valence-electron chi connectivity index (χ3n) is 4.56. The number of carboxylic acids is 1. The van der Waals surface area contributed by atoms with Crippen molar-refractivity contribution in [3.8, 4) is 0 Å². The van der Waals surface area contributed by atoms with Crippen LogP contribution in [0.15, 0.2) is 29.2 Å². The third-order valence-corrected chi connectivity index (χ3v) is 6.62. The molecule has 0 heterocycles. The maximum atomic E-state index is 12.2. The van der Waals surface area contributed by atoms with Gasteiger partial charge in [-0.3, -0.25) is 14.2 Å². The minimum atomic E-state index is -3.86. The molecule has 170 valence electrons. The number of aliphatic carboxylic acids is 1. The molecule has 1 aromatic rings. The highest BCUT2D eigenvalue weighted by atomic mass is 32.2. The van der Waals surface area contributed by atoms with Gasteiger partial charge in [-0.1, -0.05) is 44.2 Å². The molecule has 0 fully saturated rings. The van der Waals surface area contributed by atoms with Gasteiger partial charge < -0.3 is 20.2 Å². The first-order valence-corrected chi connectivity index (χ1v) is 13.3. The van der Waals surface area contributed by atoms with E-state index < -0.39 is 13.6 Å². The molecule has 0 saturated carbocycles. The Morgan fingerprint density at radius 1 is 0.867 bits per heavy atom. The van der Waals surface area contributed by atoms with Crippen molar-refractivity contribution >= 4 is 36.9 Å². The number of unbranched alkanes of at least 4 members (excludes halogenated alkanes) is 7. The summed E-state index contributed by atoms with van der Waals surface area (Å²) >= 11 is 1.63. The number of carbonyl (C=O) groups excluding carboxylic acids is 1. The number of nitrogens with one attached hydrogen (secondary N) is 1. The van der Waals surface area contributed by atoms with Crippen LogP contribution in [-0.2, 0) is 14.2 Å². The number of carboxylic acid groups (broad SMARTS) is 1. The van der Waals surface area contributed by atoms with Gasteiger partial charge in [0.2, 0.25) is 5.91 Å². The summed E-state index contributed by atoms with van der Waals surface area (Å²) in [5, 5.41) is 11.6. The van der Waals surface area contributed by atoms with Crippen molar-refractivity contribution in [2.24, 2.45) is 0 Å². The maximum Gasteiger partial charge on any atom is 0.325 e. The predicted molar refractivity (Wildman–Crippen MR) is 121 cm³/mol. The Bertz CT molecular complexity index is 694. The summed E-state index contributed by atoms with van der Waals surface area (Å²) in [6.45, 7) is 0. The van der Waals surface area contributed by atoms with Gasteiger partial charge in [0, 0.05) is 23.9 Å². The highest BCUT2D eigenvalue weighted by Crippen LogP contribution is 2.35. The largest absolute Gasteiger partial charge is 0.481 e. The van der Waals surface area contributed by atoms with Crippen LogP contribution >= 0.6 is 19.4 Å². The molecule has 0 aliphatic heterocycles. The molecule has 0 saturated heterocycles. The molecule has 7 nitrogen and oxygen atoms in total. The van der Waals surface area contributed by atoms with E-state index in [4.69, 9.17) is 14.9 Å². The van der Waals surface area contributed by atoms with Gasteiger partial charge in [0.25, 0.3) is 0 Å². The van der Waals surface area contributed by atoms with E-state index >= 15 is 0 Å². The van der Waals surface area contributed by atoms with Gasteiger partial charge in [-0.05, 0) is 43.6 Å². The van der Waals surface area contributed by atoms with Gasteiger partial charge in [0.1, 0.15) is 0 Å². The zero-order chi connectivity index (χ0) is 22.2. The molecule has 0 aliphatic rings. The van der Waals surface area contributed by atoms with Crippen molar-refractivity contribution in [2.45, 2.75) is 75.5 Å². The number of thioether (sulfide) groups is 1. The highest BCUT2D eigenvalue weighted by molar-refractivity contribution is 7.99. The molecule has 0 spiro atoms. The number of hydrogen-bond acceptors (Lipinski definition) is 4. The quantitative estimate of drug-likeness (QED) is 0.142. The van der Waals surface area contributed by atoms with Crippen LogP contribution in [0.1, 0.15) is 70.6 Å². The second-order valence-electron chi connectivity index (χ2n) is 7.36. The molecule has 0 aromatic heterocycles. The van der Waals surface area contributed by atoms with Crippen molar-refractivity contribution in [3.63, 3.8) is 0 Å². The van der Waals surface area contributed by atoms with Crippen LogP contribution in [0.2, 0.25) is 0 Å². The van der Waals surface area contributed by atoms with Crippen LogP contribution in [0.25, 0.3) is 0 Å². The summed E-state index contributed by atoms with van der Waals surface area (Å²) in [6, 6.07) is 7.66. The summed E-state index contributed by atoms with van der Waals surface area (Å²) in [5.41, 5.74) is 0.802. The highest BCUT2D eigenvalue weighted by Gasteiger charge is 2.11. The average Bonchev–Trinajstić information content (AvgIpc) is 2.66. The fourth-order valence-electron chi connectivity index (χ4n) is 2.96. The van der Waals surface area contributed by atoms with Crippen LogP contribution < -0.4 is 5.32 Å². The molecular weight excluding hydrogens is 425 g/mol. The lowest BCUT2D eigenvalue weighted by Gasteiger charge is -2.11. The Kier molecular flexibility index (Phi) is 13.8. The van der Waals surface area contributed by atoms with Gasteiger partial charge in [-0.15, -0.1) is 11.8 Å². The average molecular weight is 460 g/mol. The Balaban J connectivity index is 2.16. The molecule has 0 atom stereocenters. The molecule has 4 N–H and O–H groups in total. The predicted octanol–water partition coefficient (Wildman–Crippen LogP) is 5.27. The zero-order valence-electron chi connectivity index (χ0n) is 17.4. The van der Waals surface area contributed by atoms with Gasteiger partial charge in [-0.2, -0.15) is 0 Å². The topological polar surface area (TPSA) is 124 Å². The normalized spacial score (nSPS) is 11.4. The molecule has 0 aliphatic carbocycles. The third kappa shape index (κ3) is 14.6. The van der Waals surface area contributed by atoms with Crippen LogP contribution in [0.3, 0.4) is 0 Å². The number of amides is 1. The summed E-state index contributed by atoms with van der Waals surface area (Å²) in [4.78, 5) is 41.4. The summed E-state index contributed by atoms with van der Waals surface area (Å²) in [6.07, 6.45) is 8.26. The zero-order valence-corrected chi connectivity index (χ0v) is 19.1. The molecule has 0 bridgehead atoms. The molecule has 30 heavy (non-hydrogen) atoms. The monoisotopic (exact) mass is 459 g/mol. The van der Waals surface area contributed by atoms with E-state index in [0.29, 0.717) is 19.3 Å². The van der Waals surface area contributed by atoms with Gasteiger partial charge in [-0.25, -0.2) is 0 Å². The van der Waals surface area contributed by atoms with E-state index in [1.54, 1.807) is 11.8 Å². The van der Waals surface area contributed by atoms with Gasteiger partial charge in [0.05, 0.1) is 5.69 Å². The molecule has 1 aromatic carbocycles. The first-order chi connectivity index (χ1) is 14.3. The second-order valence-corrected chi connectivity index (χ2v) is 10.3. The fraction of sp³-hybridized carbons (Fsp3) is 0.619. The standard InChI is InChI=1S/C21H34NO6PS/c23-20(14-6-4-2-1-3-5-10-16-29(26,27)28)22-18-12-7-8-13-19(18)30-17-11-9-15-21(24)25/h7-8,12-13H,1-6,9-11,14-17H2,(H,22,23)(H,24,25)(H2,26,27,28). The van der Waals surface area contributed by atoms with Crippen LogP contribution in [0, 0.1) is 0 Å². The summed E-state index contributed by atoms with van der Waals surface area (Å²) < 4.78 is 10.8. The maximum absolute atomic E-state index is 12.2. The van der Waals surface area contributed by atoms with Crippen molar-refractivity contribution in [2.75, 3.05) is 17.2 Å². The number of hydrogen-bond donors (Lipinski definition) is 4. The molecule has 0 unspecified atom stereocenters. The van der Waals surface area contributed by atoms with Crippen molar-refractivity contribution < 1.29 is 29.0 Å². The molecule has 1 amide bonds. The lowest BCUT2D eigenvalue weighted by atomic mass is 10.1. The van der Waals surface area contributed by atoms with Crippen molar-refractivity contribution in [3.05, 3.63) is 24.3 Å². The van der Waals surface area contributed by atoms with E-state index in [9.17, 15) is 14.2 Å². The number of para-hydroxylation sites is 1. The molecular formula is C21H34NO6PS.